The largest absolute Gasteiger partial charge is 0.358 e. The van der Waals surface area contributed by atoms with Gasteiger partial charge in [0.15, 0.2) is 0 Å². The average molecular weight is 426 g/mol. The Morgan fingerprint density at radius 2 is 1.59 bits per heavy atom. The molecule has 0 radical (unpaired) electrons. The number of rotatable bonds is 5. The predicted molar refractivity (Wildman–Crippen MR) is 141 cm³/mol. The van der Waals surface area contributed by atoms with E-state index in [-0.39, 0.29) is 0 Å². The number of nitrogens with one attached hydrogen (secondary N) is 2. The van der Waals surface area contributed by atoms with Gasteiger partial charge in [0.05, 0.1) is 5.69 Å². The summed E-state index contributed by atoms with van der Waals surface area (Å²) in [6.07, 6.45) is 6.43. The molecule has 32 heavy (non-hydrogen) atoms. The lowest BCUT2D eigenvalue weighted by atomic mass is 10.1. The van der Waals surface area contributed by atoms with E-state index in [1.807, 2.05) is 64.1 Å². The molecule has 0 fully saturated rings. The molecule has 166 valence electrons. The molecular formula is C29H35N3. The van der Waals surface area contributed by atoms with Gasteiger partial charge in [0.25, 0.3) is 0 Å². The minimum atomic E-state index is 0.763. The fourth-order valence-electron chi connectivity index (χ4n) is 3.47. The van der Waals surface area contributed by atoms with Crippen molar-refractivity contribution in [2.24, 2.45) is 0 Å². The van der Waals surface area contributed by atoms with Gasteiger partial charge in [-0.2, -0.15) is 0 Å². The summed E-state index contributed by atoms with van der Waals surface area (Å²) in [6.45, 7) is 17.6. The zero-order chi connectivity index (χ0) is 23.5. The third-order valence-corrected chi connectivity index (χ3v) is 4.76. The number of fused-ring (bicyclic) bond motifs is 1. The van der Waals surface area contributed by atoms with Crippen molar-refractivity contribution in [3.05, 3.63) is 103 Å². The Bertz CT molecular complexity index is 1170. The highest BCUT2D eigenvalue weighted by atomic mass is 14.9. The summed E-state index contributed by atoms with van der Waals surface area (Å²) in [4.78, 5) is 11.9. The van der Waals surface area contributed by atoms with Crippen LogP contribution in [-0.4, -0.2) is 15.0 Å². The van der Waals surface area contributed by atoms with Gasteiger partial charge < -0.3 is 9.97 Å². The Labute approximate surface area is 192 Å². The topological polar surface area (TPSA) is 44.5 Å². The van der Waals surface area contributed by atoms with Crippen LogP contribution in [0.3, 0.4) is 0 Å². The van der Waals surface area contributed by atoms with Gasteiger partial charge in [-0.05, 0) is 26.8 Å². The van der Waals surface area contributed by atoms with Crippen LogP contribution < -0.4 is 0 Å². The Balaban J connectivity index is 0.000000396. The molecule has 0 spiro atoms. The van der Waals surface area contributed by atoms with Crippen molar-refractivity contribution < 1.29 is 0 Å². The number of aryl methyl sites for hydroxylation is 1. The summed E-state index contributed by atoms with van der Waals surface area (Å²) in [5.41, 5.74) is 7.89. The second kappa shape index (κ2) is 12.3. The molecular weight excluding hydrogens is 390 g/mol. The molecule has 0 saturated heterocycles. The normalized spacial score (nSPS) is 9.78. The molecule has 3 nitrogen and oxygen atoms in total. The fraction of sp³-hybridized carbons (Fsp3) is 0.207. The first-order valence-corrected chi connectivity index (χ1v) is 11.1. The van der Waals surface area contributed by atoms with E-state index in [0.29, 0.717) is 0 Å². The monoisotopic (exact) mass is 425 g/mol. The van der Waals surface area contributed by atoms with E-state index in [1.54, 1.807) is 6.08 Å². The molecule has 0 atom stereocenters. The first-order valence-electron chi connectivity index (χ1n) is 11.1. The summed E-state index contributed by atoms with van der Waals surface area (Å²) < 4.78 is 0. The highest BCUT2D eigenvalue weighted by Gasteiger charge is 2.17. The summed E-state index contributed by atoms with van der Waals surface area (Å²) >= 11 is 0. The highest BCUT2D eigenvalue weighted by Crippen LogP contribution is 2.33. The molecule has 2 N–H and O–H groups in total. The third-order valence-electron chi connectivity index (χ3n) is 4.76. The lowest BCUT2D eigenvalue weighted by molar-refractivity contribution is 1.16. The summed E-state index contributed by atoms with van der Waals surface area (Å²) in [5, 5.41) is 1.19. The lowest BCUT2D eigenvalue weighted by Crippen LogP contribution is -1.86. The smallest absolute Gasteiger partial charge is 0.140 e. The average Bonchev–Trinajstić information content (AvgIpc) is 3.36. The van der Waals surface area contributed by atoms with Gasteiger partial charge in [0.2, 0.25) is 0 Å². The molecule has 0 saturated carbocycles. The molecule has 0 aliphatic heterocycles. The lowest BCUT2D eigenvalue weighted by Gasteiger charge is -1.99. The number of para-hydroxylation sites is 1. The van der Waals surface area contributed by atoms with Crippen LogP contribution in [0.15, 0.2) is 91.6 Å². The zero-order valence-corrected chi connectivity index (χ0v) is 20.0. The molecule has 2 aromatic carbocycles. The maximum absolute atomic E-state index is 4.93. The first-order chi connectivity index (χ1) is 15.5. The van der Waals surface area contributed by atoms with E-state index in [0.717, 1.165) is 46.0 Å². The summed E-state index contributed by atoms with van der Waals surface area (Å²) in [5.74, 6) is 0.903. The molecule has 0 bridgehead atoms. The third kappa shape index (κ3) is 5.98. The van der Waals surface area contributed by atoms with Gasteiger partial charge in [-0.25, -0.2) is 4.98 Å². The van der Waals surface area contributed by atoms with Crippen molar-refractivity contribution in [3.8, 4) is 22.6 Å². The number of H-pyrrole nitrogens is 2. The van der Waals surface area contributed by atoms with Gasteiger partial charge in [-0.3, -0.25) is 0 Å². The van der Waals surface area contributed by atoms with Crippen molar-refractivity contribution in [1.82, 2.24) is 15.0 Å². The van der Waals surface area contributed by atoms with Crippen LogP contribution >= 0.6 is 0 Å². The number of allylic oxidation sites excluding steroid dienone is 4. The Morgan fingerprint density at radius 3 is 2.19 bits per heavy atom. The Hall–Kier alpha value is -3.59. The zero-order valence-electron chi connectivity index (χ0n) is 20.0. The van der Waals surface area contributed by atoms with Crippen LogP contribution in [0.5, 0.6) is 0 Å². The van der Waals surface area contributed by atoms with Gasteiger partial charge in [0.1, 0.15) is 5.82 Å². The van der Waals surface area contributed by atoms with Gasteiger partial charge in [0, 0.05) is 39.8 Å². The fourth-order valence-corrected chi connectivity index (χ4v) is 3.47. The predicted octanol–water partition coefficient (Wildman–Crippen LogP) is 8.43. The second-order valence-electron chi connectivity index (χ2n) is 7.42. The van der Waals surface area contributed by atoms with Crippen LogP contribution in [-0.2, 0) is 6.42 Å². The van der Waals surface area contributed by atoms with E-state index in [4.69, 9.17) is 4.98 Å². The molecule has 4 rings (SSSR count). The van der Waals surface area contributed by atoms with E-state index in [1.165, 1.54) is 11.0 Å². The van der Waals surface area contributed by atoms with Gasteiger partial charge >= 0.3 is 0 Å². The highest BCUT2D eigenvalue weighted by molar-refractivity contribution is 5.96. The molecule has 2 aromatic heterocycles. The van der Waals surface area contributed by atoms with Crippen molar-refractivity contribution in [2.75, 3.05) is 0 Å². The number of imidazole rings is 1. The molecule has 0 aliphatic carbocycles. The number of nitrogens with zero attached hydrogens (tertiary/aromatic N) is 1. The van der Waals surface area contributed by atoms with Crippen LogP contribution in [0.25, 0.3) is 33.5 Å². The quantitative estimate of drug-likeness (QED) is 0.244. The van der Waals surface area contributed by atoms with E-state index < -0.39 is 0 Å². The van der Waals surface area contributed by atoms with Crippen LogP contribution in [0.2, 0.25) is 0 Å². The standard InChI is InChI=1S/C21H19N3.C6H10.C2H6/c1-3-9-18-20(15-10-5-4-6-11-15)24-21(23-18)19-14(2)22-17-13-8-7-12-16(17)19;1-4-5-6(2)3;1-2/h3-8,10-13,22H,1,9H2,2H3,(H,23,24);4-5H,1H2,2-3H3;1-2H3. The van der Waals surface area contributed by atoms with Crippen LogP contribution in [0.4, 0.5) is 0 Å². The van der Waals surface area contributed by atoms with Crippen LogP contribution in [0, 0.1) is 6.92 Å². The number of aromatic amines is 2. The number of hydrogen-bond donors (Lipinski definition) is 2. The molecule has 3 heteroatoms. The second-order valence-corrected chi connectivity index (χ2v) is 7.42. The van der Waals surface area contributed by atoms with Crippen LogP contribution in [0.1, 0.15) is 39.1 Å². The van der Waals surface area contributed by atoms with Gasteiger partial charge in [-0.1, -0.05) is 92.8 Å². The Kier molecular flexibility index (Phi) is 9.49. The number of hydrogen-bond acceptors (Lipinski definition) is 1. The van der Waals surface area contributed by atoms with Gasteiger partial charge in [-0.15, -0.1) is 6.58 Å². The summed E-state index contributed by atoms with van der Waals surface area (Å²) in [6, 6.07) is 18.6. The molecule has 2 heterocycles. The SMILES string of the molecule is C=CC=C(C)C.C=CCc1[nH]c(-c2c(C)[nH]c3ccccc23)nc1-c1ccccc1.CC. The van der Waals surface area contributed by atoms with E-state index >= 15 is 0 Å². The number of aromatic nitrogens is 3. The minimum absolute atomic E-state index is 0.763. The molecule has 0 unspecified atom stereocenters. The van der Waals surface area contributed by atoms with E-state index in [2.05, 4.69) is 60.4 Å². The Morgan fingerprint density at radius 1 is 0.938 bits per heavy atom. The molecule has 4 aromatic rings. The number of benzene rings is 2. The van der Waals surface area contributed by atoms with Crippen molar-refractivity contribution in [3.63, 3.8) is 0 Å². The maximum atomic E-state index is 4.93. The van der Waals surface area contributed by atoms with E-state index in [9.17, 15) is 0 Å². The van der Waals surface area contributed by atoms with Crippen molar-refractivity contribution in [1.29, 1.82) is 0 Å². The molecule has 0 amide bonds. The molecule has 0 aliphatic rings. The summed E-state index contributed by atoms with van der Waals surface area (Å²) in [7, 11) is 0. The maximum Gasteiger partial charge on any atom is 0.140 e. The minimum Gasteiger partial charge on any atom is -0.358 e. The van der Waals surface area contributed by atoms with Crippen molar-refractivity contribution in [2.45, 2.75) is 41.0 Å². The first kappa shape index (κ1) is 24.7. The van der Waals surface area contributed by atoms with Crippen molar-refractivity contribution >= 4 is 10.9 Å².